The number of hydrogen-bond acceptors (Lipinski definition) is 2. The fourth-order valence-electron chi connectivity index (χ4n) is 0.740. The molecular formula is C7H15NO. The van der Waals surface area contributed by atoms with Crippen molar-refractivity contribution in [3.8, 4) is 0 Å². The van der Waals surface area contributed by atoms with E-state index >= 15 is 0 Å². The molecule has 1 unspecified atom stereocenters. The second kappa shape index (κ2) is 4.36. The normalized spacial score (nSPS) is 15.7. The first-order valence-corrected chi connectivity index (χ1v) is 3.40. The van der Waals surface area contributed by atoms with Gasteiger partial charge in [-0.3, -0.25) is 0 Å². The number of hydrogen-bond donors (Lipinski definition) is 1. The highest BCUT2D eigenvalue weighted by Crippen LogP contribution is 2.06. The van der Waals surface area contributed by atoms with Gasteiger partial charge in [0.15, 0.2) is 0 Å². The van der Waals surface area contributed by atoms with E-state index in [1.807, 2.05) is 6.92 Å². The second-order valence-electron chi connectivity index (χ2n) is 2.43. The molecule has 2 heteroatoms. The average molecular weight is 129 g/mol. The van der Waals surface area contributed by atoms with Gasteiger partial charge in [0.2, 0.25) is 0 Å². The topological polar surface area (TPSA) is 32.6 Å². The van der Waals surface area contributed by atoms with E-state index in [9.17, 15) is 0 Å². The molecule has 1 N–H and O–H groups in total. The molecule has 0 aromatic rings. The van der Waals surface area contributed by atoms with Crippen molar-refractivity contribution in [2.45, 2.75) is 33.6 Å². The maximum atomic E-state index is 8.32. The van der Waals surface area contributed by atoms with Gasteiger partial charge in [-0.15, -0.1) is 0 Å². The molecule has 0 aliphatic carbocycles. The van der Waals surface area contributed by atoms with Gasteiger partial charge in [-0.1, -0.05) is 25.4 Å². The quantitative estimate of drug-likeness (QED) is 0.354. The molecule has 0 saturated heterocycles. The van der Waals surface area contributed by atoms with E-state index in [1.165, 1.54) is 0 Å². The molecule has 9 heavy (non-hydrogen) atoms. The molecule has 0 spiro atoms. The minimum absolute atomic E-state index is 0.431. The van der Waals surface area contributed by atoms with Crippen molar-refractivity contribution in [2.75, 3.05) is 0 Å². The molecule has 0 amide bonds. The van der Waals surface area contributed by atoms with Crippen LogP contribution in [0.15, 0.2) is 5.16 Å². The summed E-state index contributed by atoms with van der Waals surface area (Å²) < 4.78 is 0. The zero-order valence-corrected chi connectivity index (χ0v) is 6.39. The van der Waals surface area contributed by atoms with Gasteiger partial charge in [0.05, 0.1) is 5.71 Å². The third-order valence-electron chi connectivity index (χ3n) is 1.59. The highest BCUT2D eigenvalue weighted by Gasteiger charge is 2.02. The van der Waals surface area contributed by atoms with Crippen LogP contribution in [0.25, 0.3) is 0 Å². The lowest BCUT2D eigenvalue weighted by Crippen LogP contribution is -2.05. The maximum absolute atomic E-state index is 8.32. The van der Waals surface area contributed by atoms with Crippen LogP contribution in [0.2, 0.25) is 0 Å². The van der Waals surface area contributed by atoms with Gasteiger partial charge in [0, 0.05) is 0 Å². The Morgan fingerprint density at radius 1 is 1.67 bits per heavy atom. The summed E-state index contributed by atoms with van der Waals surface area (Å²) in [5, 5.41) is 11.4. The van der Waals surface area contributed by atoms with Crippen molar-refractivity contribution in [1.29, 1.82) is 0 Å². The van der Waals surface area contributed by atoms with Gasteiger partial charge in [-0.2, -0.15) is 0 Å². The van der Waals surface area contributed by atoms with Crippen LogP contribution in [-0.4, -0.2) is 10.9 Å². The minimum Gasteiger partial charge on any atom is -0.411 e. The van der Waals surface area contributed by atoms with Crippen molar-refractivity contribution < 1.29 is 5.21 Å². The first-order valence-electron chi connectivity index (χ1n) is 3.40. The molecule has 0 aliphatic heterocycles. The van der Waals surface area contributed by atoms with Crippen LogP contribution in [0.4, 0.5) is 0 Å². The summed E-state index contributed by atoms with van der Waals surface area (Å²) in [5.41, 5.74) is 0.830. The lowest BCUT2D eigenvalue weighted by atomic mass is 10.0. The SMILES string of the molecule is CCCC(C)C(C)=NO. The van der Waals surface area contributed by atoms with Gasteiger partial charge < -0.3 is 5.21 Å². The predicted octanol–water partition coefficient (Wildman–Crippen LogP) is 2.27. The van der Waals surface area contributed by atoms with Crippen LogP contribution in [0.1, 0.15) is 33.6 Å². The van der Waals surface area contributed by atoms with E-state index in [4.69, 9.17) is 5.21 Å². The summed E-state index contributed by atoms with van der Waals surface area (Å²) in [4.78, 5) is 0. The van der Waals surface area contributed by atoms with E-state index in [0.717, 1.165) is 18.6 Å². The lowest BCUT2D eigenvalue weighted by Gasteiger charge is -2.05. The maximum Gasteiger partial charge on any atom is 0.0568 e. The van der Waals surface area contributed by atoms with Crippen molar-refractivity contribution in [3.05, 3.63) is 0 Å². The third-order valence-corrected chi connectivity index (χ3v) is 1.59. The summed E-state index contributed by atoms with van der Waals surface area (Å²) in [7, 11) is 0. The molecule has 0 aromatic heterocycles. The largest absolute Gasteiger partial charge is 0.411 e. The fraction of sp³-hybridized carbons (Fsp3) is 0.857. The summed E-state index contributed by atoms with van der Waals surface area (Å²) >= 11 is 0. The molecule has 0 aliphatic rings. The van der Waals surface area contributed by atoms with Crippen molar-refractivity contribution in [1.82, 2.24) is 0 Å². The summed E-state index contributed by atoms with van der Waals surface area (Å²) in [6.45, 7) is 6.04. The Labute approximate surface area is 56.6 Å². The molecule has 0 saturated carbocycles. The van der Waals surface area contributed by atoms with Crippen molar-refractivity contribution in [2.24, 2.45) is 11.1 Å². The summed E-state index contributed by atoms with van der Waals surface area (Å²) in [6, 6.07) is 0. The molecule has 0 fully saturated rings. The number of rotatable bonds is 3. The Bertz CT molecular complexity index is 99.1. The first kappa shape index (κ1) is 8.47. The molecule has 0 aromatic carbocycles. The highest BCUT2D eigenvalue weighted by atomic mass is 16.4. The van der Waals surface area contributed by atoms with Crippen LogP contribution in [0.3, 0.4) is 0 Å². The predicted molar refractivity (Wildman–Crippen MR) is 39.0 cm³/mol. The molecule has 0 radical (unpaired) electrons. The van der Waals surface area contributed by atoms with E-state index in [2.05, 4.69) is 19.0 Å². The fourth-order valence-corrected chi connectivity index (χ4v) is 0.740. The third kappa shape index (κ3) is 3.12. The van der Waals surface area contributed by atoms with Gasteiger partial charge >= 0.3 is 0 Å². The van der Waals surface area contributed by atoms with Gasteiger partial charge in [-0.25, -0.2) is 0 Å². The van der Waals surface area contributed by atoms with E-state index in [0.29, 0.717) is 5.92 Å². The number of nitrogens with zero attached hydrogens (tertiary/aromatic N) is 1. The lowest BCUT2D eigenvalue weighted by molar-refractivity contribution is 0.314. The number of oxime groups is 1. The summed E-state index contributed by atoms with van der Waals surface area (Å²) in [6.07, 6.45) is 2.25. The molecule has 1 atom stereocenters. The Kier molecular flexibility index (Phi) is 4.10. The Morgan fingerprint density at radius 2 is 2.22 bits per heavy atom. The highest BCUT2D eigenvalue weighted by molar-refractivity contribution is 5.83. The van der Waals surface area contributed by atoms with Gasteiger partial charge in [0.1, 0.15) is 0 Å². The Balaban J connectivity index is 3.59. The van der Waals surface area contributed by atoms with Crippen molar-refractivity contribution >= 4 is 5.71 Å². The van der Waals surface area contributed by atoms with Crippen LogP contribution in [0.5, 0.6) is 0 Å². The van der Waals surface area contributed by atoms with Crippen molar-refractivity contribution in [3.63, 3.8) is 0 Å². The molecule has 0 heterocycles. The van der Waals surface area contributed by atoms with Gasteiger partial charge in [-0.05, 0) is 19.3 Å². The van der Waals surface area contributed by atoms with Crippen LogP contribution in [-0.2, 0) is 0 Å². The van der Waals surface area contributed by atoms with Crippen LogP contribution < -0.4 is 0 Å². The second-order valence-corrected chi connectivity index (χ2v) is 2.43. The monoisotopic (exact) mass is 129 g/mol. The van der Waals surface area contributed by atoms with E-state index < -0.39 is 0 Å². The summed E-state index contributed by atoms with van der Waals surface area (Å²) in [5.74, 6) is 0.431. The van der Waals surface area contributed by atoms with Crippen LogP contribution >= 0.6 is 0 Å². The Morgan fingerprint density at radius 3 is 2.56 bits per heavy atom. The molecule has 54 valence electrons. The molecule has 0 rings (SSSR count). The van der Waals surface area contributed by atoms with E-state index in [-0.39, 0.29) is 0 Å². The zero-order chi connectivity index (χ0) is 7.28. The Hall–Kier alpha value is -0.530. The van der Waals surface area contributed by atoms with E-state index in [1.54, 1.807) is 0 Å². The first-order chi connectivity index (χ1) is 4.22. The zero-order valence-electron chi connectivity index (χ0n) is 6.39. The average Bonchev–Trinajstić information content (AvgIpc) is 1.87. The molecule has 2 nitrogen and oxygen atoms in total. The molecule has 0 bridgehead atoms. The van der Waals surface area contributed by atoms with Crippen LogP contribution in [0, 0.1) is 5.92 Å². The minimum atomic E-state index is 0.431. The molecular weight excluding hydrogens is 114 g/mol. The van der Waals surface area contributed by atoms with Gasteiger partial charge in [0.25, 0.3) is 0 Å². The standard InChI is InChI=1S/C7H15NO/c1-4-5-6(2)7(3)8-9/h6,9H,4-5H2,1-3H3. The smallest absolute Gasteiger partial charge is 0.0568 e.